The number of anilines is 2. The van der Waals surface area contributed by atoms with Gasteiger partial charge < -0.3 is 15.2 Å². The minimum Gasteiger partial charge on any atom is -0.355 e. The third-order valence-electron chi connectivity index (χ3n) is 3.12. The van der Waals surface area contributed by atoms with E-state index in [1.165, 1.54) is 0 Å². The lowest BCUT2D eigenvalue weighted by atomic mass is 10.2. The van der Waals surface area contributed by atoms with Crippen molar-refractivity contribution in [3.05, 3.63) is 11.9 Å². The molecule has 6 heteroatoms. The Balaban J connectivity index is 3.06. The van der Waals surface area contributed by atoms with E-state index >= 15 is 0 Å². The summed E-state index contributed by atoms with van der Waals surface area (Å²) in [5, 5.41) is 0. The van der Waals surface area contributed by atoms with E-state index < -0.39 is 0 Å². The van der Waals surface area contributed by atoms with Crippen LogP contribution >= 0.6 is 0 Å². The Morgan fingerprint density at radius 2 is 1.81 bits per heavy atom. The summed E-state index contributed by atoms with van der Waals surface area (Å²) in [5.74, 6) is 8.81. The van der Waals surface area contributed by atoms with Gasteiger partial charge in [0.1, 0.15) is 17.5 Å². The second-order valence-corrected chi connectivity index (χ2v) is 6.41. The summed E-state index contributed by atoms with van der Waals surface area (Å²) in [4.78, 5) is 13.6. The van der Waals surface area contributed by atoms with Gasteiger partial charge >= 0.3 is 0 Å². The van der Waals surface area contributed by atoms with Crippen LogP contribution < -0.4 is 16.2 Å². The SMILES string of the molecule is CC(C)CN(CCN(C)C)c1cc(NN)nc(C(C)C)n1. The van der Waals surface area contributed by atoms with Crippen LogP contribution in [0.15, 0.2) is 6.07 Å². The Kier molecular flexibility index (Phi) is 6.84. The average Bonchev–Trinajstić information content (AvgIpc) is 2.42. The van der Waals surface area contributed by atoms with Crippen molar-refractivity contribution in [1.82, 2.24) is 14.9 Å². The zero-order valence-electron chi connectivity index (χ0n) is 14.2. The van der Waals surface area contributed by atoms with E-state index in [1.807, 2.05) is 6.07 Å². The molecule has 0 aliphatic carbocycles. The van der Waals surface area contributed by atoms with E-state index in [-0.39, 0.29) is 5.92 Å². The molecule has 1 rings (SSSR count). The summed E-state index contributed by atoms with van der Waals surface area (Å²) in [6.45, 7) is 11.5. The highest BCUT2D eigenvalue weighted by atomic mass is 15.3. The molecule has 0 atom stereocenters. The normalized spacial score (nSPS) is 11.5. The fraction of sp³-hybridized carbons (Fsp3) is 0.733. The fourth-order valence-corrected chi connectivity index (χ4v) is 2.01. The van der Waals surface area contributed by atoms with Gasteiger partial charge in [-0.15, -0.1) is 0 Å². The maximum atomic E-state index is 5.54. The van der Waals surface area contributed by atoms with Gasteiger partial charge in [-0.05, 0) is 20.0 Å². The molecule has 0 unspecified atom stereocenters. The summed E-state index contributed by atoms with van der Waals surface area (Å²) in [5.41, 5.74) is 2.65. The van der Waals surface area contributed by atoms with E-state index in [2.05, 4.69) is 62.0 Å². The fourth-order valence-electron chi connectivity index (χ4n) is 2.01. The number of rotatable bonds is 8. The van der Waals surface area contributed by atoms with Gasteiger partial charge in [-0.1, -0.05) is 27.7 Å². The van der Waals surface area contributed by atoms with E-state index in [4.69, 9.17) is 10.8 Å². The van der Waals surface area contributed by atoms with E-state index in [1.54, 1.807) is 0 Å². The molecule has 1 heterocycles. The molecule has 0 amide bonds. The Morgan fingerprint density at radius 1 is 1.14 bits per heavy atom. The quantitative estimate of drug-likeness (QED) is 0.564. The molecule has 0 saturated heterocycles. The van der Waals surface area contributed by atoms with Crippen molar-refractivity contribution < 1.29 is 0 Å². The van der Waals surface area contributed by atoms with Crippen LogP contribution in [-0.4, -0.2) is 48.6 Å². The average molecular weight is 294 g/mol. The predicted molar refractivity (Wildman–Crippen MR) is 89.5 cm³/mol. The largest absolute Gasteiger partial charge is 0.355 e. The smallest absolute Gasteiger partial charge is 0.145 e. The first-order chi connectivity index (χ1) is 9.83. The molecule has 120 valence electrons. The highest BCUT2D eigenvalue weighted by Crippen LogP contribution is 2.20. The van der Waals surface area contributed by atoms with Crippen LogP contribution in [-0.2, 0) is 0 Å². The summed E-state index contributed by atoms with van der Waals surface area (Å²) in [6.07, 6.45) is 0. The second-order valence-electron chi connectivity index (χ2n) is 6.41. The topological polar surface area (TPSA) is 70.3 Å². The standard InChI is InChI=1S/C15H30N6/c1-11(2)10-21(8-7-20(5)6)14-9-13(19-16)17-15(18-14)12(3)4/h9,11-12H,7-8,10,16H2,1-6H3,(H,17,18,19). The van der Waals surface area contributed by atoms with Crippen LogP contribution in [0.5, 0.6) is 0 Å². The Morgan fingerprint density at radius 3 is 2.29 bits per heavy atom. The first-order valence-corrected chi connectivity index (χ1v) is 7.58. The van der Waals surface area contributed by atoms with Crippen LogP contribution in [0, 0.1) is 5.92 Å². The minimum atomic E-state index is 0.270. The number of nitrogens with two attached hydrogens (primary N) is 1. The van der Waals surface area contributed by atoms with Crippen molar-refractivity contribution >= 4 is 11.6 Å². The number of hydrazine groups is 1. The molecular formula is C15H30N6. The molecular weight excluding hydrogens is 264 g/mol. The van der Waals surface area contributed by atoms with Gasteiger partial charge in [-0.25, -0.2) is 15.8 Å². The van der Waals surface area contributed by atoms with Crippen molar-refractivity contribution in [2.45, 2.75) is 33.6 Å². The maximum absolute atomic E-state index is 5.54. The first-order valence-electron chi connectivity index (χ1n) is 7.58. The predicted octanol–water partition coefficient (Wildman–Crippen LogP) is 1.91. The van der Waals surface area contributed by atoms with Crippen molar-refractivity contribution in [3.63, 3.8) is 0 Å². The van der Waals surface area contributed by atoms with Gasteiger partial charge in [0.05, 0.1) is 0 Å². The highest BCUT2D eigenvalue weighted by Gasteiger charge is 2.14. The Bertz CT molecular complexity index is 430. The molecule has 6 nitrogen and oxygen atoms in total. The van der Waals surface area contributed by atoms with E-state index in [0.29, 0.717) is 11.7 Å². The number of hydrogen-bond acceptors (Lipinski definition) is 6. The highest BCUT2D eigenvalue weighted by molar-refractivity contribution is 5.49. The molecule has 1 aromatic rings. The molecule has 0 aliphatic rings. The van der Waals surface area contributed by atoms with Crippen LogP contribution in [0.25, 0.3) is 0 Å². The summed E-state index contributed by atoms with van der Waals surface area (Å²) < 4.78 is 0. The summed E-state index contributed by atoms with van der Waals surface area (Å²) in [6, 6.07) is 1.92. The van der Waals surface area contributed by atoms with Crippen molar-refractivity contribution in [1.29, 1.82) is 0 Å². The van der Waals surface area contributed by atoms with Crippen molar-refractivity contribution in [2.24, 2.45) is 11.8 Å². The summed E-state index contributed by atoms with van der Waals surface area (Å²) in [7, 11) is 4.17. The van der Waals surface area contributed by atoms with Crippen molar-refractivity contribution in [3.8, 4) is 0 Å². The molecule has 0 bridgehead atoms. The molecule has 0 fully saturated rings. The lowest BCUT2D eigenvalue weighted by Gasteiger charge is -2.28. The van der Waals surface area contributed by atoms with Gasteiger partial charge in [-0.3, -0.25) is 0 Å². The number of hydrogen-bond donors (Lipinski definition) is 2. The number of likely N-dealkylation sites (N-methyl/N-ethyl adjacent to an activating group) is 1. The molecule has 3 N–H and O–H groups in total. The first kappa shape index (κ1) is 17.7. The van der Waals surface area contributed by atoms with Crippen LogP contribution in [0.1, 0.15) is 39.4 Å². The lowest BCUT2D eigenvalue weighted by molar-refractivity contribution is 0.408. The number of nitrogens with zero attached hydrogens (tertiary/aromatic N) is 4. The van der Waals surface area contributed by atoms with Crippen LogP contribution in [0.3, 0.4) is 0 Å². The monoisotopic (exact) mass is 294 g/mol. The Labute approximate surface area is 128 Å². The Hall–Kier alpha value is -1.40. The van der Waals surface area contributed by atoms with Gasteiger partial charge in [-0.2, -0.15) is 0 Å². The van der Waals surface area contributed by atoms with Gasteiger partial charge in [0.15, 0.2) is 0 Å². The zero-order chi connectivity index (χ0) is 16.0. The molecule has 0 saturated carbocycles. The van der Waals surface area contributed by atoms with Gasteiger partial charge in [0.2, 0.25) is 0 Å². The third kappa shape index (κ3) is 5.85. The van der Waals surface area contributed by atoms with Crippen molar-refractivity contribution in [2.75, 3.05) is 44.1 Å². The number of aromatic nitrogens is 2. The molecule has 0 spiro atoms. The van der Waals surface area contributed by atoms with Crippen LogP contribution in [0.2, 0.25) is 0 Å². The summed E-state index contributed by atoms with van der Waals surface area (Å²) >= 11 is 0. The lowest BCUT2D eigenvalue weighted by Crippen LogP contribution is -2.35. The molecule has 0 aliphatic heterocycles. The minimum absolute atomic E-state index is 0.270. The third-order valence-corrected chi connectivity index (χ3v) is 3.12. The molecule has 0 aromatic carbocycles. The number of nitrogen functional groups attached to an aromatic ring is 1. The number of nitrogens with one attached hydrogen (secondary N) is 1. The van der Waals surface area contributed by atoms with E-state index in [9.17, 15) is 0 Å². The molecule has 0 radical (unpaired) electrons. The second kappa shape index (κ2) is 8.14. The van der Waals surface area contributed by atoms with Gasteiger partial charge in [0, 0.05) is 31.6 Å². The van der Waals surface area contributed by atoms with E-state index in [0.717, 1.165) is 31.3 Å². The zero-order valence-corrected chi connectivity index (χ0v) is 14.2. The maximum Gasteiger partial charge on any atom is 0.145 e. The van der Waals surface area contributed by atoms with Crippen LogP contribution in [0.4, 0.5) is 11.6 Å². The molecule has 1 aromatic heterocycles. The molecule has 21 heavy (non-hydrogen) atoms. The van der Waals surface area contributed by atoms with Gasteiger partial charge in [0.25, 0.3) is 0 Å².